The molecule has 0 radical (unpaired) electrons. The Balaban J connectivity index is 1.27. The molecular weight excluding hydrogens is 460 g/mol. The third-order valence-corrected chi connectivity index (χ3v) is 7.19. The SMILES string of the molecule is Cc1ccc(C(=O)N2CCc3ccccc3C2)c(C2CCN(C(=O)Nc3cccc(Cl)c3)CC2)n1. The highest BCUT2D eigenvalue weighted by atomic mass is 35.5. The van der Waals surface area contributed by atoms with Gasteiger partial charge in [0.25, 0.3) is 5.91 Å². The molecule has 0 aliphatic carbocycles. The predicted octanol–water partition coefficient (Wildman–Crippen LogP) is 5.65. The number of aryl methyl sites for hydroxylation is 1. The first-order valence-corrected chi connectivity index (χ1v) is 12.5. The molecule has 1 fully saturated rings. The van der Waals surface area contributed by atoms with E-state index in [1.165, 1.54) is 11.1 Å². The number of likely N-dealkylation sites (tertiary alicyclic amines) is 1. The van der Waals surface area contributed by atoms with Crippen LogP contribution in [0.15, 0.2) is 60.7 Å². The maximum atomic E-state index is 13.6. The minimum absolute atomic E-state index is 0.0446. The number of carbonyl (C=O) groups excluding carboxylic acids is 2. The van der Waals surface area contributed by atoms with E-state index < -0.39 is 0 Å². The highest BCUT2D eigenvalue weighted by Crippen LogP contribution is 2.31. The Morgan fingerprint density at radius 1 is 0.943 bits per heavy atom. The fourth-order valence-electron chi connectivity index (χ4n) is 5.03. The number of nitrogens with one attached hydrogen (secondary N) is 1. The highest BCUT2D eigenvalue weighted by molar-refractivity contribution is 6.30. The van der Waals surface area contributed by atoms with Gasteiger partial charge in [0.15, 0.2) is 0 Å². The van der Waals surface area contributed by atoms with Gasteiger partial charge >= 0.3 is 6.03 Å². The second-order valence-corrected chi connectivity index (χ2v) is 9.77. The third-order valence-electron chi connectivity index (χ3n) is 6.96. The van der Waals surface area contributed by atoms with Gasteiger partial charge < -0.3 is 15.1 Å². The van der Waals surface area contributed by atoms with Crippen LogP contribution in [0, 0.1) is 6.92 Å². The molecule has 0 spiro atoms. The van der Waals surface area contributed by atoms with Gasteiger partial charge in [-0.25, -0.2) is 4.79 Å². The van der Waals surface area contributed by atoms with Crippen molar-refractivity contribution in [2.45, 2.75) is 38.6 Å². The molecule has 3 heterocycles. The first-order valence-electron chi connectivity index (χ1n) is 12.1. The number of piperidine rings is 1. The smallest absolute Gasteiger partial charge is 0.321 e. The largest absolute Gasteiger partial charge is 0.334 e. The molecule has 3 amide bonds. The van der Waals surface area contributed by atoms with Crippen LogP contribution in [-0.2, 0) is 13.0 Å². The second-order valence-electron chi connectivity index (χ2n) is 9.33. The molecule has 1 N–H and O–H groups in total. The van der Waals surface area contributed by atoms with Crippen LogP contribution in [0.25, 0.3) is 0 Å². The molecule has 0 bridgehead atoms. The van der Waals surface area contributed by atoms with E-state index >= 15 is 0 Å². The minimum Gasteiger partial charge on any atom is -0.334 e. The van der Waals surface area contributed by atoms with Gasteiger partial charge in [-0.3, -0.25) is 9.78 Å². The quantitative estimate of drug-likeness (QED) is 0.517. The average Bonchev–Trinajstić information content (AvgIpc) is 2.88. The average molecular weight is 489 g/mol. The summed E-state index contributed by atoms with van der Waals surface area (Å²) in [6.07, 6.45) is 2.40. The molecule has 6 nitrogen and oxygen atoms in total. The summed E-state index contributed by atoms with van der Waals surface area (Å²) in [4.78, 5) is 34.9. The van der Waals surface area contributed by atoms with Gasteiger partial charge in [0.05, 0.1) is 11.3 Å². The van der Waals surface area contributed by atoms with E-state index in [0.717, 1.165) is 30.7 Å². The molecule has 0 saturated carbocycles. The van der Waals surface area contributed by atoms with Crippen LogP contribution in [0.3, 0.4) is 0 Å². The fraction of sp³-hybridized carbons (Fsp3) is 0.321. The van der Waals surface area contributed by atoms with Crippen LogP contribution in [0.2, 0.25) is 5.02 Å². The van der Waals surface area contributed by atoms with Crippen LogP contribution >= 0.6 is 11.6 Å². The Bertz CT molecular complexity index is 1250. The number of hydrogen-bond donors (Lipinski definition) is 1. The third kappa shape index (κ3) is 5.17. The molecule has 0 atom stereocenters. The maximum absolute atomic E-state index is 13.6. The van der Waals surface area contributed by atoms with Gasteiger partial charge in [-0.2, -0.15) is 0 Å². The summed E-state index contributed by atoms with van der Waals surface area (Å²) in [5, 5.41) is 3.51. The second kappa shape index (κ2) is 10.1. The summed E-state index contributed by atoms with van der Waals surface area (Å²) in [5.41, 5.74) is 5.68. The first kappa shape index (κ1) is 23.4. The summed E-state index contributed by atoms with van der Waals surface area (Å²) in [5.74, 6) is 0.185. The van der Waals surface area contributed by atoms with Gasteiger partial charge in [-0.1, -0.05) is 41.9 Å². The molecule has 35 heavy (non-hydrogen) atoms. The maximum Gasteiger partial charge on any atom is 0.321 e. The molecule has 1 aromatic heterocycles. The molecule has 2 aliphatic rings. The van der Waals surface area contributed by atoms with Gasteiger partial charge in [-0.15, -0.1) is 0 Å². The number of fused-ring (bicyclic) bond motifs is 1. The van der Waals surface area contributed by atoms with Crippen molar-refractivity contribution in [1.29, 1.82) is 0 Å². The van der Waals surface area contributed by atoms with Crippen molar-refractivity contribution in [3.8, 4) is 0 Å². The van der Waals surface area contributed by atoms with Crippen molar-refractivity contribution in [2.75, 3.05) is 25.0 Å². The Hall–Kier alpha value is -3.38. The number of amides is 3. The molecule has 180 valence electrons. The van der Waals surface area contributed by atoms with E-state index in [1.54, 1.807) is 12.1 Å². The number of aromatic nitrogens is 1. The number of halogens is 1. The van der Waals surface area contributed by atoms with Crippen LogP contribution in [0.1, 0.15) is 51.6 Å². The van der Waals surface area contributed by atoms with Crippen molar-refractivity contribution in [2.24, 2.45) is 0 Å². The number of anilines is 1. The van der Waals surface area contributed by atoms with Gasteiger partial charge in [0.1, 0.15) is 0 Å². The lowest BCUT2D eigenvalue weighted by atomic mass is 9.89. The lowest BCUT2D eigenvalue weighted by Gasteiger charge is -2.33. The molecule has 3 aromatic rings. The molecule has 7 heteroatoms. The number of benzene rings is 2. The predicted molar refractivity (Wildman–Crippen MR) is 138 cm³/mol. The summed E-state index contributed by atoms with van der Waals surface area (Å²) in [6.45, 7) is 4.52. The molecular formula is C28H29ClN4O2. The molecule has 2 aliphatic heterocycles. The van der Waals surface area contributed by atoms with Crippen molar-refractivity contribution in [3.63, 3.8) is 0 Å². The first-order chi connectivity index (χ1) is 17.0. The van der Waals surface area contributed by atoms with Crippen molar-refractivity contribution in [3.05, 3.63) is 93.8 Å². The van der Waals surface area contributed by atoms with Gasteiger partial charge in [-0.05, 0) is 67.6 Å². The van der Waals surface area contributed by atoms with Crippen LogP contribution in [0.4, 0.5) is 10.5 Å². The van der Waals surface area contributed by atoms with Gasteiger partial charge in [0, 0.05) is 48.5 Å². The monoisotopic (exact) mass is 488 g/mol. The number of hydrogen-bond acceptors (Lipinski definition) is 3. The summed E-state index contributed by atoms with van der Waals surface area (Å²) >= 11 is 6.03. The van der Waals surface area contributed by atoms with Crippen molar-refractivity contribution < 1.29 is 9.59 Å². The van der Waals surface area contributed by atoms with Crippen molar-refractivity contribution >= 4 is 29.2 Å². The van der Waals surface area contributed by atoms with E-state index in [0.29, 0.717) is 42.5 Å². The van der Waals surface area contributed by atoms with Crippen LogP contribution in [0.5, 0.6) is 0 Å². The minimum atomic E-state index is -0.133. The highest BCUT2D eigenvalue weighted by Gasteiger charge is 2.30. The van der Waals surface area contributed by atoms with Crippen LogP contribution < -0.4 is 5.32 Å². The number of pyridine rings is 1. The molecule has 1 saturated heterocycles. The molecule has 2 aromatic carbocycles. The number of nitrogens with zero attached hydrogens (tertiary/aromatic N) is 3. The molecule has 5 rings (SSSR count). The Labute approximate surface area is 210 Å². The van der Waals surface area contributed by atoms with Crippen molar-refractivity contribution in [1.82, 2.24) is 14.8 Å². The zero-order chi connectivity index (χ0) is 24.4. The zero-order valence-corrected chi connectivity index (χ0v) is 20.6. The number of rotatable bonds is 3. The van der Waals surface area contributed by atoms with Gasteiger partial charge in [0.2, 0.25) is 0 Å². The Morgan fingerprint density at radius 3 is 2.49 bits per heavy atom. The summed E-state index contributed by atoms with van der Waals surface area (Å²) < 4.78 is 0. The number of carbonyl (C=O) groups is 2. The summed E-state index contributed by atoms with van der Waals surface area (Å²) in [6, 6.07) is 19.2. The van der Waals surface area contributed by atoms with E-state index in [9.17, 15) is 9.59 Å². The summed E-state index contributed by atoms with van der Waals surface area (Å²) in [7, 11) is 0. The van der Waals surface area contributed by atoms with E-state index in [-0.39, 0.29) is 17.9 Å². The fourth-order valence-corrected chi connectivity index (χ4v) is 5.22. The number of urea groups is 1. The lowest BCUT2D eigenvalue weighted by molar-refractivity contribution is 0.0731. The zero-order valence-electron chi connectivity index (χ0n) is 19.8. The van der Waals surface area contributed by atoms with E-state index in [2.05, 4.69) is 23.5 Å². The Morgan fingerprint density at radius 2 is 1.71 bits per heavy atom. The van der Waals surface area contributed by atoms with E-state index in [1.807, 2.05) is 47.1 Å². The lowest BCUT2D eigenvalue weighted by Crippen LogP contribution is -2.41. The normalized spacial score (nSPS) is 16.1. The Kier molecular flexibility index (Phi) is 6.73. The van der Waals surface area contributed by atoms with Crippen LogP contribution in [-0.4, -0.2) is 46.4 Å². The van der Waals surface area contributed by atoms with E-state index in [4.69, 9.17) is 16.6 Å². The molecule has 0 unspecified atom stereocenters. The standard InChI is InChI=1S/C28H29ClN4O2/c1-19-9-10-25(27(34)33-16-11-20-5-2-3-6-22(20)18-33)26(30-19)21-12-14-32(15-13-21)28(35)31-24-8-4-7-23(29)17-24/h2-10,17,21H,11-16,18H2,1H3,(H,31,35). The topological polar surface area (TPSA) is 65.5 Å².